The van der Waals surface area contributed by atoms with Gasteiger partial charge in [-0.3, -0.25) is 0 Å². The Hall–Kier alpha value is -1.07. The zero-order chi connectivity index (χ0) is 13.9. The molecule has 100 valence electrons. The summed E-state index contributed by atoms with van der Waals surface area (Å²) in [6.45, 7) is 5.17. The Labute approximate surface area is 113 Å². The second-order valence-electron chi connectivity index (χ2n) is 4.16. The molecule has 0 spiro atoms. The Morgan fingerprint density at radius 3 is 2.50 bits per heavy atom. The average molecular weight is 291 g/mol. The van der Waals surface area contributed by atoms with Gasteiger partial charge in [0.15, 0.2) is 0 Å². The first kappa shape index (κ1) is 15.0. The Morgan fingerprint density at radius 2 is 2.00 bits per heavy atom. The topological polar surface area (TPSA) is 60.4 Å². The van der Waals surface area contributed by atoms with Gasteiger partial charge in [0.2, 0.25) is 0 Å². The van der Waals surface area contributed by atoms with E-state index < -0.39 is 16.7 Å². The third kappa shape index (κ3) is 3.71. The van der Waals surface area contributed by atoms with E-state index in [-0.39, 0.29) is 22.4 Å². The number of carbonyl (C=O) groups excluding carboxylic acids is 1. The molecule has 0 heterocycles. The van der Waals surface area contributed by atoms with Crippen LogP contribution < -0.4 is 0 Å². The number of halogens is 1. The van der Waals surface area contributed by atoms with Crippen LogP contribution in [0.2, 0.25) is 5.02 Å². The maximum atomic E-state index is 11.7. The van der Waals surface area contributed by atoms with Crippen molar-refractivity contribution < 1.29 is 17.9 Å². The highest BCUT2D eigenvalue weighted by Crippen LogP contribution is 2.25. The molecule has 6 heteroatoms. The molecule has 0 saturated heterocycles. The molecule has 0 atom stereocenters. The van der Waals surface area contributed by atoms with Crippen LogP contribution in [0.1, 0.15) is 35.3 Å². The molecule has 0 saturated carbocycles. The number of rotatable bonds is 4. The van der Waals surface area contributed by atoms with Gasteiger partial charge in [-0.05, 0) is 38.0 Å². The standard InChI is InChI=1S/C12H15ClO4S/c1-7(2)17-12(14)10-5-4-9(6-18(15)16)8(3)11(10)13/h4-5,7,18H,6H2,1-3H3. The van der Waals surface area contributed by atoms with Gasteiger partial charge in [-0.1, -0.05) is 17.7 Å². The fourth-order valence-electron chi connectivity index (χ4n) is 1.47. The minimum Gasteiger partial charge on any atom is -0.459 e. The SMILES string of the molecule is Cc1c(C[SH](=O)=O)ccc(C(=O)OC(C)C)c1Cl. The highest BCUT2D eigenvalue weighted by atomic mass is 35.5. The van der Waals surface area contributed by atoms with Gasteiger partial charge >= 0.3 is 5.97 Å². The van der Waals surface area contributed by atoms with Crippen molar-refractivity contribution in [2.24, 2.45) is 0 Å². The number of hydrogen-bond acceptors (Lipinski definition) is 4. The normalized spacial score (nSPS) is 11.0. The first-order valence-electron chi connectivity index (χ1n) is 5.43. The van der Waals surface area contributed by atoms with Crippen LogP contribution in [0.5, 0.6) is 0 Å². The molecule has 1 aromatic rings. The van der Waals surface area contributed by atoms with E-state index in [0.29, 0.717) is 11.1 Å². The lowest BCUT2D eigenvalue weighted by atomic mass is 10.1. The first-order chi connectivity index (χ1) is 8.32. The van der Waals surface area contributed by atoms with Crippen LogP contribution in [0.15, 0.2) is 12.1 Å². The van der Waals surface area contributed by atoms with E-state index in [2.05, 4.69) is 0 Å². The Morgan fingerprint density at radius 1 is 1.39 bits per heavy atom. The largest absolute Gasteiger partial charge is 0.459 e. The van der Waals surface area contributed by atoms with Crippen LogP contribution in [0.25, 0.3) is 0 Å². The van der Waals surface area contributed by atoms with E-state index >= 15 is 0 Å². The fourth-order valence-corrected chi connectivity index (χ4v) is 2.35. The Balaban J connectivity index is 3.11. The molecule has 0 bridgehead atoms. The monoisotopic (exact) mass is 290 g/mol. The number of benzene rings is 1. The summed E-state index contributed by atoms with van der Waals surface area (Å²) >= 11 is 6.06. The summed E-state index contributed by atoms with van der Waals surface area (Å²) in [6.07, 6.45) is -0.232. The number of thiol groups is 1. The van der Waals surface area contributed by atoms with Crippen LogP contribution in [-0.4, -0.2) is 20.5 Å². The van der Waals surface area contributed by atoms with Crippen molar-refractivity contribution in [3.63, 3.8) is 0 Å². The third-order valence-electron chi connectivity index (χ3n) is 2.36. The smallest absolute Gasteiger partial charge is 0.339 e. The summed E-state index contributed by atoms with van der Waals surface area (Å²) in [7, 11) is -2.52. The zero-order valence-corrected chi connectivity index (χ0v) is 12.0. The predicted molar refractivity (Wildman–Crippen MR) is 70.8 cm³/mol. The first-order valence-corrected chi connectivity index (χ1v) is 7.17. The van der Waals surface area contributed by atoms with E-state index in [1.807, 2.05) is 0 Å². The van der Waals surface area contributed by atoms with Gasteiger partial charge in [0, 0.05) is 0 Å². The van der Waals surface area contributed by atoms with Crippen LogP contribution in [0.4, 0.5) is 0 Å². The highest BCUT2D eigenvalue weighted by Gasteiger charge is 2.16. The van der Waals surface area contributed by atoms with Crippen molar-refractivity contribution in [3.05, 3.63) is 33.8 Å². The summed E-state index contributed by atoms with van der Waals surface area (Å²) in [5.41, 5.74) is 1.44. The van der Waals surface area contributed by atoms with E-state index in [4.69, 9.17) is 16.3 Å². The molecule has 4 nitrogen and oxygen atoms in total. The summed E-state index contributed by atoms with van der Waals surface area (Å²) in [6, 6.07) is 3.08. The van der Waals surface area contributed by atoms with Crippen molar-refractivity contribution >= 4 is 28.3 Å². The van der Waals surface area contributed by atoms with E-state index in [1.165, 1.54) is 6.07 Å². The number of carbonyl (C=O) groups is 1. The van der Waals surface area contributed by atoms with Crippen molar-refractivity contribution in [2.75, 3.05) is 0 Å². The van der Waals surface area contributed by atoms with Gasteiger partial charge in [0.25, 0.3) is 0 Å². The van der Waals surface area contributed by atoms with Crippen LogP contribution in [-0.2, 0) is 21.2 Å². The molecule has 0 aliphatic rings. The van der Waals surface area contributed by atoms with Crippen LogP contribution in [0.3, 0.4) is 0 Å². The number of esters is 1. The second kappa shape index (κ2) is 6.20. The Bertz CT molecular complexity index is 527. The van der Waals surface area contributed by atoms with Crippen molar-refractivity contribution in [2.45, 2.75) is 32.6 Å². The lowest BCUT2D eigenvalue weighted by Gasteiger charge is -2.12. The maximum Gasteiger partial charge on any atom is 0.339 e. The lowest BCUT2D eigenvalue weighted by Crippen LogP contribution is -2.12. The molecule has 1 rings (SSSR count). The molecule has 0 aromatic heterocycles. The van der Waals surface area contributed by atoms with E-state index in [1.54, 1.807) is 26.8 Å². The van der Waals surface area contributed by atoms with E-state index in [0.717, 1.165) is 0 Å². The molecule has 0 N–H and O–H groups in total. The molecule has 0 radical (unpaired) electrons. The van der Waals surface area contributed by atoms with Crippen LogP contribution >= 0.6 is 11.6 Å². The van der Waals surface area contributed by atoms with Gasteiger partial charge in [-0.2, -0.15) is 0 Å². The molecule has 1 aromatic carbocycles. The summed E-state index contributed by atoms with van der Waals surface area (Å²) in [5.74, 6) is -0.586. The van der Waals surface area contributed by atoms with Gasteiger partial charge in [0.1, 0.15) is 10.7 Å². The van der Waals surface area contributed by atoms with Crippen LogP contribution in [0, 0.1) is 6.92 Å². The molecule has 0 amide bonds. The highest BCUT2D eigenvalue weighted by molar-refractivity contribution is 7.71. The summed E-state index contributed by atoms with van der Waals surface area (Å²) in [4.78, 5) is 11.7. The number of hydrogen-bond donors (Lipinski definition) is 1. The molecule has 18 heavy (non-hydrogen) atoms. The lowest BCUT2D eigenvalue weighted by molar-refractivity contribution is 0.0378. The second-order valence-corrected chi connectivity index (χ2v) is 5.52. The average Bonchev–Trinajstić information content (AvgIpc) is 2.23. The van der Waals surface area contributed by atoms with E-state index in [9.17, 15) is 13.2 Å². The van der Waals surface area contributed by atoms with Crippen molar-refractivity contribution in [1.82, 2.24) is 0 Å². The molecule has 0 aliphatic heterocycles. The molecule has 0 aliphatic carbocycles. The summed E-state index contributed by atoms with van der Waals surface area (Å²) in [5, 5.41) is 0.245. The van der Waals surface area contributed by atoms with Gasteiger partial charge < -0.3 is 4.74 Å². The predicted octanol–water partition coefficient (Wildman–Crippen LogP) is 2.33. The molecule has 0 fully saturated rings. The van der Waals surface area contributed by atoms with Crippen molar-refractivity contribution in [1.29, 1.82) is 0 Å². The van der Waals surface area contributed by atoms with Gasteiger partial charge in [-0.25, -0.2) is 13.2 Å². The molecular weight excluding hydrogens is 276 g/mol. The van der Waals surface area contributed by atoms with Gasteiger partial charge in [-0.15, -0.1) is 0 Å². The fraction of sp³-hybridized carbons (Fsp3) is 0.417. The number of ether oxygens (including phenoxy) is 1. The Kier molecular flexibility index (Phi) is 5.16. The third-order valence-corrected chi connectivity index (χ3v) is 3.45. The van der Waals surface area contributed by atoms with Crippen molar-refractivity contribution in [3.8, 4) is 0 Å². The molecular formula is C12H15ClO4S. The summed E-state index contributed by atoms with van der Waals surface area (Å²) < 4.78 is 26.4. The minimum atomic E-state index is -2.52. The van der Waals surface area contributed by atoms with Gasteiger partial charge in [0.05, 0.1) is 22.4 Å². The molecule has 0 unspecified atom stereocenters. The zero-order valence-electron chi connectivity index (χ0n) is 10.4. The maximum absolute atomic E-state index is 11.7. The minimum absolute atomic E-state index is 0.0829. The quantitative estimate of drug-likeness (QED) is 0.683.